The molecule has 94 valence electrons. The number of ketones is 1. The minimum Gasteiger partial charge on any atom is -0.328 e. The Morgan fingerprint density at radius 1 is 1.35 bits per heavy atom. The quantitative estimate of drug-likeness (QED) is 0.770. The van der Waals surface area contributed by atoms with Crippen LogP contribution in [0.25, 0.3) is 0 Å². The zero-order chi connectivity index (χ0) is 12.8. The lowest BCUT2D eigenvalue weighted by Gasteiger charge is -2.11. The summed E-state index contributed by atoms with van der Waals surface area (Å²) in [7, 11) is 0. The van der Waals surface area contributed by atoms with Crippen molar-refractivity contribution in [2.75, 3.05) is 0 Å². The van der Waals surface area contributed by atoms with Gasteiger partial charge in [-0.05, 0) is 38.3 Å². The number of carbonyl (C=O) groups excluding carboxylic acids is 1. The Morgan fingerprint density at radius 3 is 2.65 bits per heavy atom. The van der Waals surface area contributed by atoms with Crippen LogP contribution in [0, 0.1) is 12.8 Å². The molecule has 0 radical (unpaired) electrons. The Bertz CT molecular complexity index is 374. The van der Waals surface area contributed by atoms with Crippen LogP contribution in [0.2, 0.25) is 0 Å². The first-order valence-corrected chi connectivity index (χ1v) is 6.22. The van der Waals surface area contributed by atoms with Crippen molar-refractivity contribution in [1.29, 1.82) is 0 Å². The van der Waals surface area contributed by atoms with Gasteiger partial charge in [0.2, 0.25) is 0 Å². The van der Waals surface area contributed by atoms with Gasteiger partial charge in [0.05, 0.1) is 0 Å². The number of aryl methyl sites for hydroxylation is 1. The summed E-state index contributed by atoms with van der Waals surface area (Å²) in [6.07, 6.45) is 6.29. The Morgan fingerprint density at radius 2 is 2.06 bits per heavy atom. The van der Waals surface area contributed by atoms with Crippen LogP contribution >= 0.6 is 0 Å². The molecule has 0 aliphatic heterocycles. The van der Waals surface area contributed by atoms with Gasteiger partial charge in [0.15, 0.2) is 5.78 Å². The number of aromatic nitrogens is 1. The lowest BCUT2D eigenvalue weighted by molar-refractivity contribution is 0.0921. The number of rotatable bonds is 6. The molecule has 0 aliphatic carbocycles. The maximum Gasteiger partial charge on any atom is 0.167 e. The Balaban J connectivity index is 2.52. The minimum atomic E-state index is 0.0531. The van der Waals surface area contributed by atoms with Crippen molar-refractivity contribution in [2.45, 2.75) is 46.1 Å². The van der Waals surface area contributed by atoms with Crippen LogP contribution in [-0.2, 0) is 0 Å². The highest BCUT2D eigenvalue weighted by Crippen LogP contribution is 2.15. The first-order chi connectivity index (χ1) is 8.00. The summed E-state index contributed by atoms with van der Waals surface area (Å²) in [6.45, 7) is 5.92. The number of carbonyl (C=O) groups is 1. The van der Waals surface area contributed by atoms with E-state index >= 15 is 0 Å². The van der Waals surface area contributed by atoms with Gasteiger partial charge in [-0.1, -0.05) is 13.3 Å². The molecule has 2 atom stereocenters. The molecule has 1 aromatic heterocycles. The third kappa shape index (κ3) is 4.65. The first-order valence-electron chi connectivity index (χ1n) is 6.22. The molecular formula is C14H22N2O. The lowest BCUT2D eigenvalue weighted by Crippen LogP contribution is -2.16. The van der Waals surface area contributed by atoms with Gasteiger partial charge in [0.25, 0.3) is 0 Å². The number of pyridine rings is 1. The predicted octanol–water partition coefficient (Wildman–Crippen LogP) is 2.73. The van der Waals surface area contributed by atoms with Gasteiger partial charge in [-0.15, -0.1) is 0 Å². The van der Waals surface area contributed by atoms with Gasteiger partial charge in [0, 0.05) is 29.9 Å². The monoisotopic (exact) mass is 234 g/mol. The Kier molecular flexibility index (Phi) is 5.29. The van der Waals surface area contributed by atoms with E-state index in [9.17, 15) is 4.79 Å². The molecule has 1 aromatic rings. The van der Waals surface area contributed by atoms with E-state index in [1.54, 1.807) is 12.4 Å². The molecule has 0 amide bonds. The average Bonchev–Trinajstić information content (AvgIpc) is 2.27. The second-order valence-corrected chi connectivity index (χ2v) is 4.92. The van der Waals surface area contributed by atoms with Crippen LogP contribution in [0.3, 0.4) is 0 Å². The summed E-state index contributed by atoms with van der Waals surface area (Å²) in [5.41, 5.74) is 7.44. The molecule has 1 heterocycles. The zero-order valence-corrected chi connectivity index (χ0v) is 10.9. The van der Waals surface area contributed by atoms with Crippen LogP contribution in [-0.4, -0.2) is 16.8 Å². The lowest BCUT2D eigenvalue weighted by atomic mass is 9.94. The summed E-state index contributed by atoms with van der Waals surface area (Å²) >= 11 is 0. The molecule has 0 fully saturated rings. The smallest absolute Gasteiger partial charge is 0.167 e. The second kappa shape index (κ2) is 6.50. The van der Waals surface area contributed by atoms with Crippen molar-refractivity contribution < 1.29 is 4.79 Å². The number of hydrogen-bond acceptors (Lipinski definition) is 3. The fourth-order valence-electron chi connectivity index (χ4n) is 1.85. The normalized spacial score (nSPS) is 14.4. The number of Topliss-reactive ketones (excluding diaryl/α,β-unsaturated/α-hetero) is 1. The van der Waals surface area contributed by atoms with E-state index in [2.05, 4.69) is 4.98 Å². The molecule has 0 aromatic carbocycles. The average molecular weight is 234 g/mol. The molecule has 3 heteroatoms. The minimum absolute atomic E-state index is 0.0531. The Labute approximate surface area is 103 Å². The van der Waals surface area contributed by atoms with Gasteiger partial charge in [0.1, 0.15) is 0 Å². The summed E-state index contributed by atoms with van der Waals surface area (Å²) in [4.78, 5) is 16.2. The van der Waals surface area contributed by atoms with Gasteiger partial charge < -0.3 is 5.73 Å². The highest BCUT2D eigenvalue weighted by molar-refractivity contribution is 5.97. The largest absolute Gasteiger partial charge is 0.328 e. The highest BCUT2D eigenvalue weighted by atomic mass is 16.1. The van der Waals surface area contributed by atoms with Crippen LogP contribution < -0.4 is 5.73 Å². The van der Waals surface area contributed by atoms with E-state index in [1.807, 2.05) is 26.8 Å². The summed E-state index contributed by atoms with van der Waals surface area (Å²) in [5.74, 6) is 0.239. The number of nitrogens with two attached hydrogens (primary N) is 1. The standard InChI is InChI=1S/C14H22N2O/c1-10-7-13(9-16-8-10)14(17)11(2)5-4-6-12(3)15/h7-9,11-12H,4-6,15H2,1-3H3. The molecule has 0 bridgehead atoms. The molecule has 1 rings (SSSR count). The van der Waals surface area contributed by atoms with E-state index in [4.69, 9.17) is 5.73 Å². The summed E-state index contributed by atoms with van der Waals surface area (Å²) in [5, 5.41) is 0. The molecule has 0 saturated carbocycles. The maximum absolute atomic E-state index is 12.1. The van der Waals surface area contributed by atoms with Crippen molar-refractivity contribution in [3.8, 4) is 0 Å². The van der Waals surface area contributed by atoms with E-state index in [0.717, 1.165) is 30.4 Å². The fraction of sp³-hybridized carbons (Fsp3) is 0.571. The van der Waals surface area contributed by atoms with Gasteiger partial charge in [-0.25, -0.2) is 0 Å². The maximum atomic E-state index is 12.1. The molecular weight excluding hydrogens is 212 g/mol. The number of nitrogens with zero attached hydrogens (tertiary/aromatic N) is 1. The van der Waals surface area contributed by atoms with E-state index < -0.39 is 0 Å². The third-order valence-corrected chi connectivity index (χ3v) is 2.90. The van der Waals surface area contributed by atoms with Crippen LogP contribution in [0.5, 0.6) is 0 Å². The second-order valence-electron chi connectivity index (χ2n) is 4.92. The van der Waals surface area contributed by atoms with E-state index in [-0.39, 0.29) is 17.7 Å². The predicted molar refractivity (Wildman–Crippen MR) is 70.0 cm³/mol. The van der Waals surface area contributed by atoms with Crippen molar-refractivity contribution >= 4 is 5.78 Å². The number of hydrogen-bond donors (Lipinski definition) is 1. The molecule has 3 nitrogen and oxygen atoms in total. The van der Waals surface area contributed by atoms with Gasteiger partial charge in [-0.3, -0.25) is 9.78 Å². The van der Waals surface area contributed by atoms with Crippen LogP contribution in [0.15, 0.2) is 18.5 Å². The third-order valence-electron chi connectivity index (χ3n) is 2.90. The molecule has 17 heavy (non-hydrogen) atoms. The highest BCUT2D eigenvalue weighted by Gasteiger charge is 2.15. The van der Waals surface area contributed by atoms with Crippen LogP contribution in [0.4, 0.5) is 0 Å². The first kappa shape index (κ1) is 13.8. The topological polar surface area (TPSA) is 56.0 Å². The van der Waals surface area contributed by atoms with E-state index in [1.165, 1.54) is 0 Å². The zero-order valence-electron chi connectivity index (χ0n) is 10.9. The molecule has 2 N–H and O–H groups in total. The van der Waals surface area contributed by atoms with Crippen molar-refractivity contribution in [3.05, 3.63) is 29.6 Å². The van der Waals surface area contributed by atoms with Crippen molar-refractivity contribution in [2.24, 2.45) is 11.7 Å². The molecule has 2 unspecified atom stereocenters. The Hall–Kier alpha value is -1.22. The molecule has 0 saturated heterocycles. The van der Waals surface area contributed by atoms with Crippen molar-refractivity contribution in [3.63, 3.8) is 0 Å². The van der Waals surface area contributed by atoms with Gasteiger partial charge in [-0.2, -0.15) is 0 Å². The van der Waals surface area contributed by atoms with Crippen molar-refractivity contribution in [1.82, 2.24) is 4.98 Å². The molecule has 0 spiro atoms. The summed E-state index contributed by atoms with van der Waals surface area (Å²) in [6, 6.07) is 2.12. The van der Waals surface area contributed by atoms with Gasteiger partial charge >= 0.3 is 0 Å². The summed E-state index contributed by atoms with van der Waals surface area (Å²) < 4.78 is 0. The SMILES string of the molecule is Cc1cncc(C(=O)C(C)CCCC(C)N)c1. The van der Waals surface area contributed by atoms with Crippen LogP contribution in [0.1, 0.15) is 49.0 Å². The molecule has 0 aliphatic rings. The van der Waals surface area contributed by atoms with E-state index in [0.29, 0.717) is 0 Å². The fourth-order valence-corrected chi connectivity index (χ4v) is 1.85.